The van der Waals surface area contributed by atoms with E-state index in [4.69, 9.17) is 9.31 Å². The minimum Gasteiger partial charge on any atom is -0.399 e. The van der Waals surface area contributed by atoms with Crippen LogP contribution in [-0.2, 0) is 9.31 Å². The Morgan fingerprint density at radius 3 is 2.33 bits per heavy atom. The normalized spacial score (nSPS) is 23.2. The Labute approximate surface area is 238 Å². The molecule has 2 unspecified atom stereocenters. The molecule has 40 heavy (non-hydrogen) atoms. The Balaban J connectivity index is 1.43. The standard InChI is InChI=1S/C35H37BN2O2/c1-24-32(27-12-6-10-25(18-27)29-14-8-16-37-22-29)20-31(36-39-34(2,3)35(4,5)40-36)21-33(24)28-13-7-11-26(19-28)30-15-9-17-38-23-30/h6-16,18-24,33,38H,17H2,1-5H3. The summed E-state index contributed by atoms with van der Waals surface area (Å²) in [6, 6.07) is 21.8. The predicted octanol–water partition coefficient (Wildman–Crippen LogP) is 7.62. The van der Waals surface area contributed by atoms with Gasteiger partial charge in [-0.15, -0.1) is 0 Å². The highest BCUT2D eigenvalue weighted by Crippen LogP contribution is 2.46. The molecular formula is C35H37BN2O2. The molecule has 0 amide bonds. The van der Waals surface area contributed by atoms with Crippen LogP contribution >= 0.6 is 0 Å². The van der Waals surface area contributed by atoms with Crippen LogP contribution in [0, 0.1) is 5.92 Å². The van der Waals surface area contributed by atoms with Crippen molar-refractivity contribution >= 4 is 18.3 Å². The molecule has 6 rings (SSSR count). The summed E-state index contributed by atoms with van der Waals surface area (Å²) in [6.45, 7) is 11.7. The monoisotopic (exact) mass is 528 g/mol. The molecule has 4 nitrogen and oxygen atoms in total. The molecule has 0 spiro atoms. The van der Waals surface area contributed by atoms with E-state index >= 15 is 0 Å². The first kappa shape index (κ1) is 26.6. The van der Waals surface area contributed by atoms with Crippen LogP contribution in [0.4, 0.5) is 0 Å². The maximum absolute atomic E-state index is 6.55. The number of rotatable bonds is 5. The maximum Gasteiger partial charge on any atom is 0.494 e. The van der Waals surface area contributed by atoms with Crippen molar-refractivity contribution in [1.82, 2.24) is 10.3 Å². The van der Waals surface area contributed by atoms with Gasteiger partial charge in [0, 0.05) is 36.6 Å². The van der Waals surface area contributed by atoms with Crippen LogP contribution in [-0.4, -0.2) is 29.8 Å². The fraction of sp³-hybridized carbons (Fsp3) is 0.286. The van der Waals surface area contributed by atoms with Gasteiger partial charge in [0.1, 0.15) is 0 Å². The van der Waals surface area contributed by atoms with Gasteiger partial charge in [-0.05, 0) is 84.6 Å². The second kappa shape index (κ2) is 10.4. The van der Waals surface area contributed by atoms with Crippen LogP contribution in [0.25, 0.3) is 22.3 Å². The van der Waals surface area contributed by atoms with Crippen LogP contribution in [0.3, 0.4) is 0 Å². The second-order valence-corrected chi connectivity index (χ2v) is 12.0. The lowest BCUT2D eigenvalue weighted by atomic mass is 9.66. The van der Waals surface area contributed by atoms with E-state index in [2.05, 4.69) is 130 Å². The quantitative estimate of drug-likeness (QED) is 0.346. The highest BCUT2D eigenvalue weighted by molar-refractivity contribution is 6.56. The van der Waals surface area contributed by atoms with Gasteiger partial charge in [-0.25, -0.2) is 0 Å². The summed E-state index contributed by atoms with van der Waals surface area (Å²) in [7, 11) is -0.423. The summed E-state index contributed by atoms with van der Waals surface area (Å²) >= 11 is 0. The molecule has 0 saturated carbocycles. The van der Waals surface area contributed by atoms with Gasteiger partial charge in [-0.1, -0.05) is 79.8 Å². The van der Waals surface area contributed by atoms with Gasteiger partial charge in [0.15, 0.2) is 0 Å². The number of benzene rings is 2. The zero-order chi connectivity index (χ0) is 27.9. The molecule has 3 heterocycles. The van der Waals surface area contributed by atoms with Gasteiger partial charge in [-0.3, -0.25) is 4.98 Å². The number of dihydropyridines is 1. The fourth-order valence-electron chi connectivity index (χ4n) is 5.75. The fourth-order valence-corrected chi connectivity index (χ4v) is 5.75. The van der Waals surface area contributed by atoms with E-state index < -0.39 is 18.3 Å². The lowest BCUT2D eigenvalue weighted by molar-refractivity contribution is 0.00578. The molecular weight excluding hydrogens is 491 g/mol. The third-order valence-corrected chi connectivity index (χ3v) is 8.84. The van der Waals surface area contributed by atoms with Crippen molar-refractivity contribution in [3.63, 3.8) is 0 Å². The Morgan fingerprint density at radius 1 is 0.875 bits per heavy atom. The van der Waals surface area contributed by atoms with Crippen LogP contribution < -0.4 is 5.32 Å². The third kappa shape index (κ3) is 5.00. The molecule has 202 valence electrons. The average molecular weight is 529 g/mol. The zero-order valence-electron chi connectivity index (χ0n) is 24.0. The van der Waals surface area contributed by atoms with E-state index in [9.17, 15) is 0 Å². The molecule has 0 bridgehead atoms. The summed E-state index contributed by atoms with van der Waals surface area (Å²) in [6.07, 6.45) is 14.9. The molecule has 2 aliphatic heterocycles. The number of hydrogen-bond donors (Lipinski definition) is 1. The first-order chi connectivity index (χ1) is 19.2. The van der Waals surface area contributed by atoms with Crippen molar-refractivity contribution in [3.05, 3.63) is 126 Å². The van der Waals surface area contributed by atoms with Crippen molar-refractivity contribution in [2.45, 2.75) is 51.7 Å². The number of nitrogens with zero attached hydrogens (tertiary/aromatic N) is 1. The Hall–Kier alpha value is -3.67. The van der Waals surface area contributed by atoms with Crippen LogP contribution in [0.15, 0.2) is 109 Å². The van der Waals surface area contributed by atoms with E-state index in [1.807, 2.05) is 18.5 Å². The second-order valence-electron chi connectivity index (χ2n) is 12.0. The lowest BCUT2D eigenvalue weighted by Crippen LogP contribution is -2.41. The third-order valence-electron chi connectivity index (χ3n) is 8.84. The minimum atomic E-state index is -0.423. The summed E-state index contributed by atoms with van der Waals surface area (Å²) < 4.78 is 13.1. The highest BCUT2D eigenvalue weighted by Gasteiger charge is 2.52. The van der Waals surface area contributed by atoms with E-state index in [0.29, 0.717) is 0 Å². The number of pyridine rings is 1. The topological polar surface area (TPSA) is 43.4 Å². The summed E-state index contributed by atoms with van der Waals surface area (Å²) in [5, 5.41) is 3.34. The number of nitrogens with one attached hydrogen (secondary N) is 1. The zero-order valence-corrected chi connectivity index (χ0v) is 24.0. The number of aromatic nitrogens is 1. The van der Waals surface area contributed by atoms with Crippen molar-refractivity contribution < 1.29 is 9.31 Å². The van der Waals surface area contributed by atoms with Gasteiger partial charge < -0.3 is 14.6 Å². The van der Waals surface area contributed by atoms with Gasteiger partial charge >= 0.3 is 7.12 Å². The SMILES string of the molecule is CC1C(c2cccc(-c3cccnc3)c2)=CC(B2OC(C)(C)C(C)(C)O2)=CC1c1cccc(C2=CNCC=C2)c1. The van der Waals surface area contributed by atoms with Gasteiger partial charge in [-0.2, -0.15) is 0 Å². The molecule has 5 heteroatoms. The molecule has 0 radical (unpaired) electrons. The minimum absolute atomic E-state index is 0.164. The van der Waals surface area contributed by atoms with E-state index in [-0.39, 0.29) is 11.8 Å². The molecule has 1 fully saturated rings. The summed E-state index contributed by atoms with van der Waals surface area (Å²) in [5.41, 5.74) is 8.73. The number of allylic oxidation sites excluding steroid dienone is 6. The van der Waals surface area contributed by atoms with E-state index in [0.717, 1.165) is 23.1 Å². The largest absolute Gasteiger partial charge is 0.494 e. The molecule has 1 N–H and O–H groups in total. The van der Waals surface area contributed by atoms with Crippen molar-refractivity contribution in [1.29, 1.82) is 0 Å². The van der Waals surface area contributed by atoms with Crippen LogP contribution in [0.5, 0.6) is 0 Å². The summed E-state index contributed by atoms with van der Waals surface area (Å²) in [4.78, 5) is 4.34. The molecule has 1 saturated heterocycles. The van der Waals surface area contributed by atoms with E-state index in [1.54, 1.807) is 0 Å². The van der Waals surface area contributed by atoms with Gasteiger partial charge in [0.2, 0.25) is 0 Å². The summed E-state index contributed by atoms with van der Waals surface area (Å²) in [5.74, 6) is 0.414. The van der Waals surface area contributed by atoms with Crippen molar-refractivity contribution in [2.24, 2.45) is 5.92 Å². The van der Waals surface area contributed by atoms with Crippen molar-refractivity contribution in [2.75, 3.05) is 6.54 Å². The Kier molecular flexibility index (Phi) is 6.89. The molecule has 2 atom stereocenters. The van der Waals surface area contributed by atoms with Gasteiger partial charge in [0.25, 0.3) is 0 Å². The number of hydrogen-bond acceptors (Lipinski definition) is 4. The van der Waals surface area contributed by atoms with Crippen molar-refractivity contribution in [3.8, 4) is 11.1 Å². The lowest BCUT2D eigenvalue weighted by Gasteiger charge is -2.32. The smallest absolute Gasteiger partial charge is 0.399 e. The first-order valence-electron chi connectivity index (χ1n) is 14.2. The van der Waals surface area contributed by atoms with E-state index in [1.165, 1.54) is 27.8 Å². The Bertz CT molecular complexity index is 1520. The first-order valence-corrected chi connectivity index (χ1v) is 14.2. The highest BCUT2D eigenvalue weighted by atomic mass is 16.7. The van der Waals surface area contributed by atoms with Gasteiger partial charge in [0.05, 0.1) is 11.2 Å². The Morgan fingerprint density at radius 2 is 1.60 bits per heavy atom. The van der Waals surface area contributed by atoms with Crippen LogP contribution in [0.1, 0.15) is 57.2 Å². The molecule has 1 aliphatic carbocycles. The maximum atomic E-state index is 6.55. The average Bonchev–Trinajstić information content (AvgIpc) is 3.20. The predicted molar refractivity (Wildman–Crippen MR) is 165 cm³/mol. The molecule has 1 aromatic heterocycles. The van der Waals surface area contributed by atoms with Crippen LogP contribution in [0.2, 0.25) is 0 Å². The molecule has 3 aliphatic rings. The molecule has 2 aromatic carbocycles. The molecule has 3 aromatic rings.